The minimum atomic E-state index is -1.21. The fraction of sp³-hybridized carbons (Fsp3) is 0.397. The molecule has 4 fully saturated rings. The quantitative estimate of drug-likeness (QED) is 0.0556. The number of nitrogens with one attached hydrogen (secondary N) is 3. The highest BCUT2D eigenvalue weighted by atomic mass is 35.5. The fourth-order valence-electron chi connectivity index (χ4n) is 14.1. The van der Waals surface area contributed by atoms with Gasteiger partial charge >= 0.3 is 11.9 Å². The van der Waals surface area contributed by atoms with E-state index < -0.39 is 17.4 Å². The van der Waals surface area contributed by atoms with Gasteiger partial charge in [0.15, 0.2) is 5.60 Å². The Labute approximate surface area is 544 Å². The summed E-state index contributed by atoms with van der Waals surface area (Å²) in [6.07, 6.45) is 9.02. The van der Waals surface area contributed by atoms with Crippen molar-refractivity contribution in [2.75, 3.05) is 70.8 Å². The van der Waals surface area contributed by atoms with E-state index in [9.17, 15) is 38.4 Å². The summed E-state index contributed by atoms with van der Waals surface area (Å²) in [5, 5.41) is 28.2. The molecule has 93 heavy (non-hydrogen) atoms. The minimum absolute atomic E-state index is 0.0104. The Morgan fingerprint density at radius 3 is 2.34 bits per heavy atom. The number of halogens is 2. The number of carbonyl (C=O) groups excluding carboxylic acids is 7. The van der Waals surface area contributed by atoms with Gasteiger partial charge in [-0.15, -0.1) is 21.0 Å². The average Bonchev–Trinajstić information content (AvgIpc) is 1.26. The van der Waals surface area contributed by atoms with Crippen LogP contribution in [0, 0.1) is 17.7 Å². The number of para-hydroxylation sites is 2. The van der Waals surface area contributed by atoms with Crippen molar-refractivity contribution >= 4 is 109 Å². The van der Waals surface area contributed by atoms with Gasteiger partial charge in [0.05, 0.1) is 44.6 Å². The lowest BCUT2D eigenvalue weighted by atomic mass is 9.87. The summed E-state index contributed by atoms with van der Waals surface area (Å²) in [5.74, 6) is -1.03. The fourth-order valence-corrected chi connectivity index (χ4v) is 15.4. The molecule has 7 aliphatic rings. The number of ether oxygens (including phenoxy) is 1. The zero-order chi connectivity index (χ0) is 65.0. The zero-order valence-electron chi connectivity index (χ0n) is 51.6. The lowest BCUT2D eigenvalue weighted by molar-refractivity contribution is -0.156. The third kappa shape index (κ3) is 13.2. The van der Waals surface area contributed by atoms with E-state index in [1.165, 1.54) is 23.0 Å². The number of rotatable bonds is 15. The van der Waals surface area contributed by atoms with E-state index >= 15 is 4.39 Å². The van der Waals surface area contributed by atoms with Crippen LogP contribution in [-0.2, 0) is 51.3 Å². The number of aryl methyl sites for hydroxylation is 1. The van der Waals surface area contributed by atoms with E-state index in [2.05, 4.69) is 16.7 Å². The molecule has 10 heterocycles. The molecule has 0 radical (unpaired) electrons. The molecule has 0 spiro atoms. The van der Waals surface area contributed by atoms with Crippen LogP contribution < -0.4 is 25.3 Å². The summed E-state index contributed by atoms with van der Waals surface area (Å²) in [6, 6.07) is 30.2. The lowest BCUT2D eigenvalue weighted by Gasteiger charge is -2.44. The average molecular weight is 1300 g/mol. The number of benzene rings is 5. The minimum Gasteiger partial charge on any atom is -0.480 e. The number of thiazole rings is 1. The number of aromatic nitrogens is 5. The third-order valence-corrected chi connectivity index (χ3v) is 20.6. The number of carboxylic acid groups (broad SMARTS) is 1. The number of amides is 7. The number of likely N-dealkylation sites (tertiary alicyclic amines) is 3. The van der Waals surface area contributed by atoms with Gasteiger partial charge in [0.25, 0.3) is 5.91 Å². The number of nitrogens with zero attached hydrogens (tertiary/aromatic N) is 9. The van der Waals surface area contributed by atoms with Gasteiger partial charge in [0, 0.05) is 112 Å². The molecule has 8 aromatic rings. The molecule has 22 nitrogen and oxygen atoms in total. The highest BCUT2D eigenvalue weighted by Gasteiger charge is 2.49. The number of hydrogen-bond donors (Lipinski definition) is 4. The number of aliphatic carboxylic acids is 1. The van der Waals surface area contributed by atoms with Crippen LogP contribution >= 0.6 is 22.9 Å². The number of quaternary nitrogens is 1. The Hall–Kier alpha value is -9.13. The maximum absolute atomic E-state index is 16.2. The summed E-state index contributed by atoms with van der Waals surface area (Å²) in [7, 11) is 0. The first-order valence-corrected chi connectivity index (χ1v) is 33.0. The number of piperidine rings is 3. The summed E-state index contributed by atoms with van der Waals surface area (Å²) in [4.78, 5) is 111. The van der Waals surface area contributed by atoms with Crippen molar-refractivity contribution < 1.29 is 52.6 Å². The predicted octanol–water partition coefficient (Wildman–Crippen LogP) is 8.44. The molecule has 7 aliphatic heterocycles. The normalized spacial score (nSPS) is 19.7. The predicted molar refractivity (Wildman–Crippen MR) is 350 cm³/mol. The molecule has 4 bridgehead atoms. The number of anilines is 1. The van der Waals surface area contributed by atoms with Gasteiger partial charge in [-0.1, -0.05) is 64.9 Å². The van der Waals surface area contributed by atoms with E-state index in [-0.39, 0.29) is 65.0 Å². The van der Waals surface area contributed by atoms with E-state index in [0.717, 1.165) is 62.3 Å². The summed E-state index contributed by atoms with van der Waals surface area (Å²) < 4.78 is 25.7. The number of fused-ring (bicyclic) bond motifs is 4. The molecular formula is C68H73ClFN12O10S+. The molecule has 15 rings (SSSR count). The van der Waals surface area contributed by atoms with Crippen LogP contribution in [0.5, 0.6) is 5.75 Å². The Morgan fingerprint density at radius 1 is 0.860 bits per heavy atom. The molecule has 0 saturated carbocycles. The summed E-state index contributed by atoms with van der Waals surface area (Å²) >= 11 is 8.00. The van der Waals surface area contributed by atoms with Crippen LogP contribution in [0.3, 0.4) is 0 Å². The second-order valence-corrected chi connectivity index (χ2v) is 26.0. The van der Waals surface area contributed by atoms with Crippen LogP contribution in [0.15, 0.2) is 103 Å². The molecule has 484 valence electrons. The van der Waals surface area contributed by atoms with Crippen LogP contribution in [0.1, 0.15) is 88.3 Å². The second kappa shape index (κ2) is 27.6. The van der Waals surface area contributed by atoms with Gasteiger partial charge in [-0.2, -0.15) is 5.10 Å². The molecule has 1 atom stereocenters. The molecule has 0 aliphatic carbocycles. The number of carbonyl (C=O) groups is 8. The smallest absolute Gasteiger partial charge is 0.339 e. The van der Waals surface area contributed by atoms with Gasteiger partial charge in [-0.3, -0.25) is 38.2 Å². The van der Waals surface area contributed by atoms with Gasteiger partial charge in [-0.25, -0.2) is 14.2 Å². The monoisotopic (exact) mass is 1300 g/mol. The number of carboxylic acids is 1. The van der Waals surface area contributed by atoms with Crippen molar-refractivity contribution in [3.8, 4) is 27.4 Å². The molecule has 5 aromatic carbocycles. The largest absolute Gasteiger partial charge is 0.480 e. The van der Waals surface area contributed by atoms with Crippen molar-refractivity contribution in [3.05, 3.63) is 125 Å². The maximum atomic E-state index is 16.2. The van der Waals surface area contributed by atoms with Crippen molar-refractivity contribution in [1.29, 1.82) is 0 Å². The Bertz CT molecular complexity index is 4190. The molecule has 3 aromatic heterocycles. The first-order valence-electron chi connectivity index (χ1n) is 31.8. The Kier molecular flexibility index (Phi) is 19.0. The standard InChI is InChI=1S/C56H58ClFN10O6S.C9H9NO.C3H5NO3/c1-2-59-48(70)33-66-45-11-5-8-39-41-30-46-38(29-43(41)58)31-60-67(46)68(27-18-36(19-28-68)51(62-66)50(39)45)49(71)14-13-35-15-22-65(32-35)54(72)37-16-23-64(24-17-37)55(73)56(20-25-63(34-69)26-21-56)74-47-12-4-3-7-40(47)53-61-44-10-6-9-42(57)52(44)75-53;11-9-6-5-7-3-1-2-4-8(7)10-9;5-2-4-1-3(6)7/h3-12,29-31,34-37H,2,13-28,32-33H2,1H3;1-4H,5-6H2,(H,10,11);2H,1H2,(H,4,5)(H,6,7)/p+1. The van der Waals surface area contributed by atoms with Crippen LogP contribution in [-0.4, -0.2) is 164 Å². The summed E-state index contributed by atoms with van der Waals surface area (Å²) in [5.41, 5.74) is 5.91. The highest BCUT2D eigenvalue weighted by Crippen LogP contribution is 2.45. The van der Waals surface area contributed by atoms with E-state index in [4.69, 9.17) is 36.6 Å². The SMILES string of the molecule is CCNC(=O)Cn1nc2c3c(cccc31)-c1cc3c(cnn3[N+]3(C(=O)CCC4CCN(C(=O)C5CCN(C(=O)C6(Oc7ccccc7-c7nc8cccc(Cl)c8s7)CCN(C=O)CC6)CC5)C4)CCC2CC3)cc1F.O=C1CCc2ccccc2N1.O=CNCC(=O)O. The van der Waals surface area contributed by atoms with Gasteiger partial charge in [0.2, 0.25) is 30.5 Å². The molecular weight excluding hydrogens is 1230 g/mol. The van der Waals surface area contributed by atoms with Crippen LogP contribution in [0.4, 0.5) is 10.1 Å². The summed E-state index contributed by atoms with van der Waals surface area (Å²) in [6.45, 7) is 5.83. The molecule has 7 amide bonds. The molecule has 4 N–H and O–H groups in total. The second-order valence-electron chi connectivity index (χ2n) is 24.6. The van der Waals surface area contributed by atoms with E-state index in [1.807, 2.05) is 112 Å². The van der Waals surface area contributed by atoms with Crippen LogP contribution in [0.2, 0.25) is 5.02 Å². The first kappa shape index (κ1) is 64.0. The van der Waals surface area contributed by atoms with Crippen molar-refractivity contribution in [1.82, 2.24) is 54.6 Å². The van der Waals surface area contributed by atoms with Gasteiger partial charge in [-0.05, 0) is 105 Å². The number of hydrogen-bond acceptors (Lipinski definition) is 13. The van der Waals surface area contributed by atoms with E-state index in [0.29, 0.717) is 156 Å². The lowest BCUT2D eigenvalue weighted by Crippen LogP contribution is -2.65. The van der Waals surface area contributed by atoms with Crippen LogP contribution in [0.25, 0.3) is 53.7 Å². The van der Waals surface area contributed by atoms with Gasteiger partial charge < -0.3 is 40.5 Å². The van der Waals surface area contributed by atoms with Crippen molar-refractivity contribution in [3.63, 3.8) is 0 Å². The molecule has 4 saturated heterocycles. The third-order valence-electron chi connectivity index (χ3n) is 19.0. The van der Waals surface area contributed by atoms with E-state index in [1.54, 1.807) is 15.8 Å². The first-order chi connectivity index (χ1) is 45.1. The highest BCUT2D eigenvalue weighted by molar-refractivity contribution is 7.22. The van der Waals surface area contributed by atoms with Gasteiger partial charge in [0.1, 0.15) is 48.3 Å². The molecule has 25 heteroatoms. The Balaban J connectivity index is 0.000000400. The molecule has 1 unspecified atom stereocenters. The topological polar surface area (TPSA) is 260 Å². The number of likely N-dealkylation sites (N-methyl/N-ethyl adjacent to an activating group) is 1. The van der Waals surface area contributed by atoms with Crippen molar-refractivity contribution in [2.45, 2.75) is 95.6 Å². The zero-order valence-corrected chi connectivity index (χ0v) is 53.1. The van der Waals surface area contributed by atoms with Crippen molar-refractivity contribution in [2.24, 2.45) is 11.8 Å². The Morgan fingerprint density at radius 2 is 1.60 bits per heavy atom. The maximum Gasteiger partial charge on any atom is 0.339 e.